The lowest BCUT2D eigenvalue weighted by molar-refractivity contribution is -0.116. The summed E-state index contributed by atoms with van der Waals surface area (Å²) in [5, 5.41) is 6.93. The number of halogens is 3. The Morgan fingerprint density at radius 2 is 2.19 bits per heavy atom. The van der Waals surface area contributed by atoms with Gasteiger partial charge in [-0.3, -0.25) is 14.3 Å². The van der Waals surface area contributed by atoms with E-state index in [1.807, 2.05) is 0 Å². The summed E-state index contributed by atoms with van der Waals surface area (Å²) in [7, 11) is 0. The maximum atomic E-state index is 14.3. The van der Waals surface area contributed by atoms with Gasteiger partial charge in [0.15, 0.2) is 5.82 Å². The summed E-state index contributed by atoms with van der Waals surface area (Å²) in [4.78, 5) is 24.9. The first kappa shape index (κ1) is 17.8. The van der Waals surface area contributed by atoms with E-state index in [2.05, 4.69) is 15.2 Å². The Balaban J connectivity index is 1.86. The lowest BCUT2D eigenvalue weighted by Crippen LogP contribution is -2.35. The highest BCUT2D eigenvalue weighted by Gasteiger charge is 2.23. The topological polar surface area (TPSA) is 76.5 Å². The van der Waals surface area contributed by atoms with Gasteiger partial charge in [-0.05, 0) is 18.2 Å². The second-order valence-corrected chi connectivity index (χ2v) is 5.60. The first-order valence-corrected chi connectivity index (χ1v) is 7.72. The predicted molar refractivity (Wildman–Crippen MR) is 84.5 cm³/mol. The van der Waals surface area contributed by atoms with Crippen molar-refractivity contribution in [2.45, 2.75) is 26.6 Å². The van der Waals surface area contributed by atoms with Crippen molar-refractivity contribution >= 4 is 17.5 Å². The van der Waals surface area contributed by atoms with Crippen molar-refractivity contribution in [2.24, 2.45) is 0 Å². The number of hydrogen-bond acceptors (Lipinski definition) is 4. The number of nitrogens with one attached hydrogen (secondary N) is 1. The number of rotatable bonds is 5. The number of aromatic nitrogens is 2. The number of hydrogen-bond donors (Lipinski definition) is 1. The zero-order valence-electron chi connectivity index (χ0n) is 13.7. The van der Waals surface area contributed by atoms with Gasteiger partial charge in [-0.1, -0.05) is 0 Å². The Morgan fingerprint density at radius 1 is 1.42 bits per heavy atom. The number of amides is 2. The molecule has 0 saturated heterocycles. The van der Waals surface area contributed by atoms with Gasteiger partial charge in [-0.25, -0.2) is 4.39 Å². The smallest absolute Gasteiger partial charge is 0.387 e. The van der Waals surface area contributed by atoms with E-state index in [9.17, 15) is 22.8 Å². The van der Waals surface area contributed by atoms with E-state index >= 15 is 0 Å². The second-order valence-electron chi connectivity index (χ2n) is 5.60. The molecule has 0 saturated carbocycles. The SMILES string of the molecule is CC(=O)N(Cc1cc2n(n1)CCNC2=O)c1ccc(OC(F)F)cc1F. The summed E-state index contributed by atoms with van der Waals surface area (Å²) in [5.74, 6) is -1.98. The molecule has 1 aromatic heterocycles. The van der Waals surface area contributed by atoms with E-state index in [-0.39, 0.29) is 23.9 Å². The summed E-state index contributed by atoms with van der Waals surface area (Å²) < 4.78 is 44.4. The Hall–Kier alpha value is -3.04. The first-order valence-electron chi connectivity index (χ1n) is 7.72. The standard InChI is InChI=1S/C16H15F3N4O3/c1-9(24)22(13-3-2-11(7-12(13)17)26-16(18)19)8-10-6-14-15(25)20-4-5-23(14)21-10/h2-3,6-7,16H,4-5,8H2,1H3,(H,20,25). The molecule has 0 aliphatic carbocycles. The van der Waals surface area contributed by atoms with Crippen molar-refractivity contribution in [1.82, 2.24) is 15.1 Å². The average Bonchev–Trinajstić information content (AvgIpc) is 2.97. The van der Waals surface area contributed by atoms with Crippen LogP contribution in [0.5, 0.6) is 5.75 Å². The fraction of sp³-hybridized carbons (Fsp3) is 0.312. The predicted octanol–water partition coefficient (Wildman–Crippen LogP) is 1.92. The van der Waals surface area contributed by atoms with Crippen LogP contribution in [0.3, 0.4) is 0 Å². The molecule has 0 fully saturated rings. The van der Waals surface area contributed by atoms with Gasteiger partial charge in [0.2, 0.25) is 5.91 Å². The van der Waals surface area contributed by atoms with Crippen LogP contribution < -0.4 is 15.0 Å². The van der Waals surface area contributed by atoms with Gasteiger partial charge in [0.1, 0.15) is 11.4 Å². The third-order valence-corrected chi connectivity index (χ3v) is 3.81. The molecule has 0 unspecified atom stereocenters. The summed E-state index contributed by atoms with van der Waals surface area (Å²) in [6.45, 7) is -0.967. The highest BCUT2D eigenvalue weighted by Crippen LogP contribution is 2.26. The maximum absolute atomic E-state index is 14.3. The van der Waals surface area contributed by atoms with Crippen molar-refractivity contribution in [2.75, 3.05) is 11.4 Å². The molecule has 1 N–H and O–H groups in total. The molecule has 1 aliphatic heterocycles. The van der Waals surface area contributed by atoms with E-state index < -0.39 is 18.3 Å². The first-order chi connectivity index (χ1) is 12.3. The fourth-order valence-corrected chi connectivity index (χ4v) is 2.68. The number of alkyl halides is 2. The molecule has 3 rings (SSSR count). The molecule has 2 amide bonds. The van der Waals surface area contributed by atoms with E-state index in [4.69, 9.17) is 0 Å². The zero-order chi connectivity index (χ0) is 18.8. The van der Waals surface area contributed by atoms with Crippen LogP contribution in [0.4, 0.5) is 18.9 Å². The third-order valence-electron chi connectivity index (χ3n) is 3.81. The number of ether oxygens (including phenoxy) is 1. The largest absolute Gasteiger partial charge is 0.435 e. The van der Waals surface area contributed by atoms with Gasteiger partial charge in [-0.2, -0.15) is 13.9 Å². The van der Waals surface area contributed by atoms with Crippen LogP contribution in [0.1, 0.15) is 23.1 Å². The van der Waals surface area contributed by atoms with Gasteiger partial charge in [0, 0.05) is 19.5 Å². The molecule has 10 heteroatoms. The quantitative estimate of drug-likeness (QED) is 0.875. The summed E-state index contributed by atoms with van der Waals surface area (Å²) >= 11 is 0. The Labute approximate surface area is 146 Å². The Morgan fingerprint density at radius 3 is 2.81 bits per heavy atom. The van der Waals surface area contributed by atoms with Crippen molar-refractivity contribution in [3.05, 3.63) is 41.5 Å². The molecule has 2 aromatic rings. The van der Waals surface area contributed by atoms with E-state index in [0.29, 0.717) is 24.5 Å². The highest BCUT2D eigenvalue weighted by molar-refractivity contribution is 5.94. The van der Waals surface area contributed by atoms with E-state index in [1.165, 1.54) is 23.7 Å². The number of nitrogens with zero attached hydrogens (tertiary/aromatic N) is 3. The van der Waals surface area contributed by atoms with Crippen LogP contribution in [0, 0.1) is 5.82 Å². The summed E-state index contributed by atoms with van der Waals surface area (Å²) in [6, 6.07) is 4.63. The molecule has 138 valence electrons. The normalized spacial score (nSPS) is 13.3. The van der Waals surface area contributed by atoms with Crippen molar-refractivity contribution < 1.29 is 27.5 Å². The van der Waals surface area contributed by atoms with Crippen LogP contribution in [0.15, 0.2) is 24.3 Å². The highest BCUT2D eigenvalue weighted by atomic mass is 19.3. The molecule has 0 bridgehead atoms. The van der Waals surface area contributed by atoms with Crippen LogP contribution in [0.2, 0.25) is 0 Å². The van der Waals surface area contributed by atoms with Gasteiger partial charge >= 0.3 is 6.61 Å². The van der Waals surface area contributed by atoms with E-state index in [0.717, 1.165) is 17.0 Å². The molecule has 0 radical (unpaired) electrons. The minimum Gasteiger partial charge on any atom is -0.435 e. The third kappa shape index (κ3) is 3.63. The Bertz CT molecular complexity index is 853. The summed E-state index contributed by atoms with van der Waals surface area (Å²) in [5.41, 5.74) is 0.657. The number of anilines is 1. The molecule has 1 aromatic carbocycles. The second kappa shape index (κ2) is 7.06. The van der Waals surface area contributed by atoms with Gasteiger partial charge < -0.3 is 15.0 Å². The monoisotopic (exact) mass is 368 g/mol. The maximum Gasteiger partial charge on any atom is 0.387 e. The van der Waals surface area contributed by atoms with Crippen LogP contribution in [-0.4, -0.2) is 34.8 Å². The lowest BCUT2D eigenvalue weighted by Gasteiger charge is -2.21. The Kier molecular flexibility index (Phi) is 4.83. The van der Waals surface area contributed by atoms with Crippen LogP contribution in [0.25, 0.3) is 0 Å². The van der Waals surface area contributed by atoms with E-state index in [1.54, 1.807) is 0 Å². The number of fused-ring (bicyclic) bond motifs is 1. The van der Waals surface area contributed by atoms with Crippen molar-refractivity contribution in [3.63, 3.8) is 0 Å². The lowest BCUT2D eigenvalue weighted by atomic mass is 10.2. The number of benzene rings is 1. The number of carbonyl (C=O) groups excluding carboxylic acids is 2. The zero-order valence-corrected chi connectivity index (χ0v) is 13.7. The van der Waals surface area contributed by atoms with Gasteiger partial charge in [-0.15, -0.1) is 0 Å². The van der Waals surface area contributed by atoms with Gasteiger partial charge in [0.25, 0.3) is 5.91 Å². The molecule has 2 heterocycles. The minimum atomic E-state index is -3.08. The van der Waals surface area contributed by atoms with Crippen LogP contribution >= 0.6 is 0 Å². The molecule has 0 atom stereocenters. The molecule has 0 spiro atoms. The average molecular weight is 368 g/mol. The summed E-state index contributed by atoms with van der Waals surface area (Å²) in [6.07, 6.45) is 0. The molecule has 7 nitrogen and oxygen atoms in total. The molecular weight excluding hydrogens is 353 g/mol. The van der Waals surface area contributed by atoms with Crippen molar-refractivity contribution in [3.8, 4) is 5.75 Å². The van der Waals surface area contributed by atoms with Crippen LogP contribution in [-0.2, 0) is 17.9 Å². The molecular formula is C16H15F3N4O3. The van der Waals surface area contributed by atoms with Crippen molar-refractivity contribution in [1.29, 1.82) is 0 Å². The fourth-order valence-electron chi connectivity index (χ4n) is 2.68. The minimum absolute atomic E-state index is 0.0748. The molecule has 26 heavy (non-hydrogen) atoms. The van der Waals surface area contributed by atoms with Gasteiger partial charge in [0.05, 0.1) is 24.5 Å². The number of carbonyl (C=O) groups is 2. The molecule has 1 aliphatic rings.